The predicted molar refractivity (Wildman–Crippen MR) is 82.8 cm³/mol. The lowest BCUT2D eigenvalue weighted by molar-refractivity contribution is 0.0634. The zero-order valence-corrected chi connectivity index (χ0v) is 13.2. The van der Waals surface area contributed by atoms with E-state index in [2.05, 4.69) is 20.8 Å². The van der Waals surface area contributed by atoms with E-state index < -0.39 is 0 Å². The number of aliphatic hydroxyl groups is 1. The second-order valence-electron chi connectivity index (χ2n) is 5.07. The third kappa shape index (κ3) is 4.30. The van der Waals surface area contributed by atoms with Gasteiger partial charge in [-0.05, 0) is 43.7 Å². The van der Waals surface area contributed by atoms with Crippen LogP contribution < -0.4 is 0 Å². The summed E-state index contributed by atoms with van der Waals surface area (Å²) in [5.74, 6) is 0.118. The lowest BCUT2D eigenvalue weighted by Gasteiger charge is -2.34. The van der Waals surface area contributed by atoms with Crippen LogP contribution in [0.1, 0.15) is 23.2 Å². The predicted octanol–water partition coefficient (Wildman–Crippen LogP) is 1.98. The summed E-state index contributed by atoms with van der Waals surface area (Å²) >= 11 is 3.38. The van der Waals surface area contributed by atoms with E-state index in [0.717, 1.165) is 55.6 Å². The van der Waals surface area contributed by atoms with Gasteiger partial charge < -0.3 is 10.0 Å². The van der Waals surface area contributed by atoms with E-state index in [0.29, 0.717) is 0 Å². The number of aliphatic hydroxyl groups excluding tert-OH is 1. The van der Waals surface area contributed by atoms with Gasteiger partial charge in [0.2, 0.25) is 0 Å². The highest BCUT2D eigenvalue weighted by molar-refractivity contribution is 9.10. The molecule has 1 aromatic carbocycles. The second kappa shape index (κ2) is 7.76. The molecule has 20 heavy (non-hydrogen) atoms. The van der Waals surface area contributed by atoms with Crippen molar-refractivity contribution in [2.75, 3.05) is 39.3 Å². The Kier molecular flexibility index (Phi) is 6.01. The molecule has 0 spiro atoms. The third-order valence-corrected chi connectivity index (χ3v) is 4.16. The van der Waals surface area contributed by atoms with E-state index in [4.69, 9.17) is 5.11 Å². The highest BCUT2D eigenvalue weighted by Crippen LogP contribution is 2.13. The first-order chi connectivity index (χ1) is 9.70. The van der Waals surface area contributed by atoms with Crippen LogP contribution in [0.2, 0.25) is 0 Å². The molecule has 110 valence electrons. The monoisotopic (exact) mass is 340 g/mol. The molecule has 0 unspecified atom stereocenters. The Labute approximate surface area is 128 Å². The molecule has 1 heterocycles. The van der Waals surface area contributed by atoms with Crippen LogP contribution in [-0.2, 0) is 0 Å². The molecule has 0 aliphatic carbocycles. The van der Waals surface area contributed by atoms with Crippen molar-refractivity contribution in [1.82, 2.24) is 9.80 Å². The SMILES string of the molecule is O=C(c1ccc(Br)cc1)N1CCN(CCCCO)CC1. The van der Waals surface area contributed by atoms with Gasteiger partial charge in [-0.1, -0.05) is 15.9 Å². The molecular weight excluding hydrogens is 320 g/mol. The molecule has 0 saturated carbocycles. The van der Waals surface area contributed by atoms with E-state index in [9.17, 15) is 4.79 Å². The van der Waals surface area contributed by atoms with E-state index in [1.165, 1.54) is 0 Å². The number of piperazine rings is 1. The Morgan fingerprint density at radius 3 is 2.35 bits per heavy atom. The summed E-state index contributed by atoms with van der Waals surface area (Å²) in [6.07, 6.45) is 1.88. The topological polar surface area (TPSA) is 43.8 Å². The Morgan fingerprint density at radius 1 is 1.10 bits per heavy atom. The van der Waals surface area contributed by atoms with Crippen LogP contribution in [0.3, 0.4) is 0 Å². The summed E-state index contributed by atoms with van der Waals surface area (Å²) < 4.78 is 0.989. The van der Waals surface area contributed by atoms with Gasteiger partial charge in [0.15, 0.2) is 0 Å². The fraction of sp³-hybridized carbons (Fsp3) is 0.533. The first-order valence-corrected chi connectivity index (χ1v) is 7.88. The minimum atomic E-state index is 0.118. The first-order valence-electron chi connectivity index (χ1n) is 7.09. The second-order valence-corrected chi connectivity index (χ2v) is 5.99. The van der Waals surface area contributed by atoms with Crippen LogP contribution >= 0.6 is 15.9 Å². The van der Waals surface area contributed by atoms with Crippen LogP contribution in [0.15, 0.2) is 28.7 Å². The molecule has 0 radical (unpaired) electrons. The number of benzene rings is 1. The summed E-state index contributed by atoms with van der Waals surface area (Å²) in [6.45, 7) is 4.70. The molecule has 4 nitrogen and oxygen atoms in total. The van der Waals surface area contributed by atoms with Crippen molar-refractivity contribution in [2.45, 2.75) is 12.8 Å². The maximum atomic E-state index is 12.3. The standard InChI is InChI=1S/C15H21BrN2O2/c16-14-5-3-13(4-6-14)15(20)18-10-8-17(9-11-18)7-1-2-12-19/h3-6,19H,1-2,7-12H2. The summed E-state index contributed by atoms with van der Waals surface area (Å²) in [4.78, 5) is 16.6. The zero-order chi connectivity index (χ0) is 14.4. The van der Waals surface area contributed by atoms with E-state index in [1.807, 2.05) is 29.2 Å². The molecule has 1 aliphatic rings. The molecule has 1 aromatic rings. The van der Waals surface area contributed by atoms with Gasteiger partial charge in [-0.25, -0.2) is 0 Å². The number of hydrogen-bond acceptors (Lipinski definition) is 3. The van der Waals surface area contributed by atoms with Gasteiger partial charge in [0, 0.05) is 42.8 Å². The van der Waals surface area contributed by atoms with Crippen LogP contribution in [0.25, 0.3) is 0 Å². The lowest BCUT2D eigenvalue weighted by Crippen LogP contribution is -2.48. The maximum Gasteiger partial charge on any atom is 0.253 e. The molecule has 1 saturated heterocycles. The van der Waals surface area contributed by atoms with Crippen LogP contribution in [0, 0.1) is 0 Å². The summed E-state index contributed by atoms with van der Waals surface area (Å²) in [6, 6.07) is 7.52. The number of halogens is 1. The summed E-state index contributed by atoms with van der Waals surface area (Å²) in [5, 5.41) is 8.78. The highest BCUT2D eigenvalue weighted by atomic mass is 79.9. The highest BCUT2D eigenvalue weighted by Gasteiger charge is 2.21. The van der Waals surface area contributed by atoms with Crippen LogP contribution in [0.5, 0.6) is 0 Å². The van der Waals surface area contributed by atoms with E-state index >= 15 is 0 Å². The van der Waals surface area contributed by atoms with Gasteiger partial charge in [0.1, 0.15) is 0 Å². The van der Waals surface area contributed by atoms with Crippen molar-refractivity contribution in [3.05, 3.63) is 34.3 Å². The number of hydrogen-bond donors (Lipinski definition) is 1. The van der Waals surface area contributed by atoms with E-state index in [-0.39, 0.29) is 12.5 Å². The van der Waals surface area contributed by atoms with Crippen molar-refractivity contribution in [1.29, 1.82) is 0 Å². The maximum absolute atomic E-state index is 12.3. The Bertz CT molecular complexity index is 428. The Hall–Kier alpha value is -0.910. The zero-order valence-electron chi connectivity index (χ0n) is 11.6. The number of amides is 1. The molecular formula is C15H21BrN2O2. The van der Waals surface area contributed by atoms with Gasteiger partial charge in [-0.2, -0.15) is 0 Å². The number of carbonyl (C=O) groups excluding carboxylic acids is 1. The molecule has 1 amide bonds. The third-order valence-electron chi connectivity index (χ3n) is 3.63. The molecule has 2 rings (SSSR count). The minimum absolute atomic E-state index is 0.118. The van der Waals surface area contributed by atoms with Gasteiger partial charge in [0.05, 0.1) is 0 Å². The number of nitrogens with zero attached hydrogens (tertiary/aromatic N) is 2. The normalized spacial score (nSPS) is 16.4. The Balaban J connectivity index is 1.81. The largest absolute Gasteiger partial charge is 0.396 e. The van der Waals surface area contributed by atoms with Gasteiger partial charge >= 0.3 is 0 Å². The molecule has 0 bridgehead atoms. The molecule has 1 fully saturated rings. The Morgan fingerprint density at radius 2 is 1.75 bits per heavy atom. The molecule has 1 N–H and O–H groups in total. The number of rotatable bonds is 5. The first kappa shape index (κ1) is 15.5. The van der Waals surface area contributed by atoms with Crippen molar-refractivity contribution in [3.8, 4) is 0 Å². The average Bonchev–Trinajstić information content (AvgIpc) is 2.48. The molecule has 0 atom stereocenters. The van der Waals surface area contributed by atoms with Crippen LogP contribution in [0.4, 0.5) is 0 Å². The van der Waals surface area contributed by atoms with Crippen molar-refractivity contribution < 1.29 is 9.90 Å². The number of carbonyl (C=O) groups is 1. The van der Waals surface area contributed by atoms with Crippen molar-refractivity contribution in [2.24, 2.45) is 0 Å². The van der Waals surface area contributed by atoms with Gasteiger partial charge in [-0.3, -0.25) is 9.69 Å². The molecule has 1 aliphatic heterocycles. The van der Waals surface area contributed by atoms with Gasteiger partial charge in [-0.15, -0.1) is 0 Å². The fourth-order valence-corrected chi connectivity index (χ4v) is 2.66. The van der Waals surface area contributed by atoms with E-state index in [1.54, 1.807) is 0 Å². The summed E-state index contributed by atoms with van der Waals surface area (Å²) in [5.41, 5.74) is 0.752. The van der Waals surface area contributed by atoms with Crippen molar-refractivity contribution >= 4 is 21.8 Å². The fourth-order valence-electron chi connectivity index (χ4n) is 2.40. The number of unbranched alkanes of at least 4 members (excludes halogenated alkanes) is 1. The molecule has 5 heteroatoms. The minimum Gasteiger partial charge on any atom is -0.396 e. The molecule has 0 aromatic heterocycles. The lowest BCUT2D eigenvalue weighted by atomic mass is 10.2. The summed E-state index contributed by atoms with van der Waals surface area (Å²) in [7, 11) is 0. The average molecular weight is 341 g/mol. The smallest absolute Gasteiger partial charge is 0.253 e. The van der Waals surface area contributed by atoms with Gasteiger partial charge in [0.25, 0.3) is 5.91 Å². The quantitative estimate of drug-likeness (QED) is 0.833. The van der Waals surface area contributed by atoms with Crippen LogP contribution in [-0.4, -0.2) is 60.1 Å². The van der Waals surface area contributed by atoms with Crippen molar-refractivity contribution in [3.63, 3.8) is 0 Å².